The molecular formula is C11H17N3S. The van der Waals surface area contributed by atoms with E-state index in [2.05, 4.69) is 5.32 Å². The lowest BCUT2D eigenvalue weighted by molar-refractivity contribution is 0.360. The number of hydrogen-bond acceptors (Lipinski definition) is 4. The van der Waals surface area contributed by atoms with Crippen molar-refractivity contribution in [2.75, 3.05) is 6.26 Å². The normalized spacial score (nSPS) is 19.5. The van der Waals surface area contributed by atoms with Crippen molar-refractivity contribution in [1.82, 2.24) is 5.32 Å². The van der Waals surface area contributed by atoms with Crippen molar-refractivity contribution in [1.29, 1.82) is 10.5 Å². The number of nitriles is 2. The SMILES string of the molecule is CSC(NC1CCCCC1)C(C#N)C#N. The van der Waals surface area contributed by atoms with Gasteiger partial charge in [-0.15, -0.1) is 11.8 Å². The fraction of sp³-hybridized carbons (Fsp3) is 0.818. The highest BCUT2D eigenvalue weighted by molar-refractivity contribution is 7.99. The van der Waals surface area contributed by atoms with Gasteiger partial charge in [-0.25, -0.2) is 0 Å². The van der Waals surface area contributed by atoms with E-state index < -0.39 is 5.92 Å². The standard InChI is InChI=1S/C11H17N3S/c1-15-11(9(7-12)8-13)14-10-5-3-2-4-6-10/h9-11,14H,2-6H2,1H3. The van der Waals surface area contributed by atoms with Crippen LogP contribution in [0.1, 0.15) is 32.1 Å². The third-order valence-electron chi connectivity index (χ3n) is 2.84. The molecule has 1 aliphatic carbocycles. The molecule has 1 rings (SSSR count). The Morgan fingerprint density at radius 1 is 1.20 bits per heavy atom. The first-order valence-electron chi connectivity index (χ1n) is 5.40. The van der Waals surface area contributed by atoms with Crippen molar-refractivity contribution in [2.45, 2.75) is 43.5 Å². The molecule has 0 amide bonds. The van der Waals surface area contributed by atoms with Crippen LogP contribution in [0.5, 0.6) is 0 Å². The smallest absolute Gasteiger partial charge is 0.157 e. The molecule has 1 N–H and O–H groups in total. The van der Waals surface area contributed by atoms with E-state index >= 15 is 0 Å². The maximum Gasteiger partial charge on any atom is 0.157 e. The lowest BCUT2D eigenvalue weighted by Gasteiger charge is -2.27. The number of rotatable bonds is 4. The molecule has 82 valence electrons. The van der Waals surface area contributed by atoms with Gasteiger partial charge >= 0.3 is 0 Å². The summed E-state index contributed by atoms with van der Waals surface area (Å²) in [6, 6.07) is 4.60. The zero-order valence-electron chi connectivity index (χ0n) is 9.07. The lowest BCUT2D eigenvalue weighted by atomic mass is 9.95. The summed E-state index contributed by atoms with van der Waals surface area (Å²) >= 11 is 1.56. The second-order valence-electron chi connectivity index (χ2n) is 3.89. The van der Waals surface area contributed by atoms with Gasteiger partial charge in [-0.3, -0.25) is 0 Å². The highest BCUT2D eigenvalue weighted by atomic mass is 32.2. The highest BCUT2D eigenvalue weighted by Gasteiger charge is 2.23. The largest absolute Gasteiger partial charge is 0.301 e. The summed E-state index contributed by atoms with van der Waals surface area (Å²) in [5.41, 5.74) is 0. The topological polar surface area (TPSA) is 59.6 Å². The van der Waals surface area contributed by atoms with E-state index in [0.717, 1.165) is 0 Å². The fourth-order valence-corrected chi connectivity index (χ4v) is 2.69. The van der Waals surface area contributed by atoms with Gasteiger partial charge in [0, 0.05) is 6.04 Å². The van der Waals surface area contributed by atoms with Crippen molar-refractivity contribution in [3.63, 3.8) is 0 Å². The summed E-state index contributed by atoms with van der Waals surface area (Å²) in [5.74, 6) is -0.540. The molecule has 0 spiro atoms. The summed E-state index contributed by atoms with van der Waals surface area (Å²) in [6.45, 7) is 0. The maximum absolute atomic E-state index is 8.83. The molecule has 0 heterocycles. The molecule has 0 saturated heterocycles. The van der Waals surface area contributed by atoms with Gasteiger partial charge in [-0.05, 0) is 19.1 Å². The first-order valence-corrected chi connectivity index (χ1v) is 6.68. The molecule has 4 heteroatoms. The minimum Gasteiger partial charge on any atom is -0.301 e. The van der Waals surface area contributed by atoms with Gasteiger partial charge in [-0.2, -0.15) is 10.5 Å². The molecule has 0 aromatic rings. The van der Waals surface area contributed by atoms with Gasteiger partial charge in [0.05, 0.1) is 17.5 Å². The minimum absolute atomic E-state index is 0.0388. The molecule has 1 unspecified atom stereocenters. The van der Waals surface area contributed by atoms with Crippen LogP contribution in [0, 0.1) is 28.6 Å². The number of thioether (sulfide) groups is 1. The molecule has 1 fully saturated rings. The van der Waals surface area contributed by atoms with Gasteiger partial charge in [0.25, 0.3) is 0 Å². The monoisotopic (exact) mass is 223 g/mol. The van der Waals surface area contributed by atoms with E-state index in [0.29, 0.717) is 6.04 Å². The van der Waals surface area contributed by atoms with Crippen LogP contribution in [0.4, 0.5) is 0 Å². The molecule has 0 aromatic heterocycles. The van der Waals surface area contributed by atoms with Crippen LogP contribution in [0.2, 0.25) is 0 Å². The third-order valence-corrected chi connectivity index (χ3v) is 3.76. The van der Waals surface area contributed by atoms with Crippen LogP contribution in [0.15, 0.2) is 0 Å². The predicted molar refractivity (Wildman–Crippen MR) is 62.0 cm³/mol. The van der Waals surface area contributed by atoms with Crippen molar-refractivity contribution in [3.05, 3.63) is 0 Å². The van der Waals surface area contributed by atoms with Crippen LogP contribution < -0.4 is 5.32 Å². The summed E-state index contributed by atoms with van der Waals surface area (Å²) in [7, 11) is 0. The van der Waals surface area contributed by atoms with Gasteiger partial charge in [0.1, 0.15) is 0 Å². The van der Waals surface area contributed by atoms with Crippen molar-refractivity contribution in [3.8, 4) is 12.1 Å². The Labute approximate surface area is 95.8 Å². The first kappa shape index (κ1) is 12.4. The summed E-state index contributed by atoms with van der Waals surface area (Å²) < 4.78 is 0. The van der Waals surface area contributed by atoms with Crippen molar-refractivity contribution >= 4 is 11.8 Å². The average molecular weight is 223 g/mol. The van der Waals surface area contributed by atoms with Crippen LogP contribution >= 0.6 is 11.8 Å². The molecule has 0 aromatic carbocycles. The summed E-state index contributed by atoms with van der Waals surface area (Å²) in [5, 5.41) is 21.0. The number of nitrogens with one attached hydrogen (secondary N) is 1. The number of hydrogen-bond donors (Lipinski definition) is 1. The Morgan fingerprint density at radius 2 is 1.80 bits per heavy atom. The Balaban J connectivity index is 2.45. The zero-order valence-corrected chi connectivity index (χ0v) is 9.89. The zero-order chi connectivity index (χ0) is 11.1. The van der Waals surface area contributed by atoms with E-state index in [9.17, 15) is 0 Å². The Morgan fingerprint density at radius 3 is 2.27 bits per heavy atom. The van der Waals surface area contributed by atoms with Gasteiger partial charge < -0.3 is 5.32 Å². The van der Waals surface area contributed by atoms with Crippen molar-refractivity contribution in [2.24, 2.45) is 5.92 Å². The van der Waals surface area contributed by atoms with E-state index in [1.165, 1.54) is 32.1 Å². The molecule has 1 aliphatic rings. The highest BCUT2D eigenvalue weighted by Crippen LogP contribution is 2.21. The molecule has 1 saturated carbocycles. The Bertz CT molecular complexity index is 246. The van der Waals surface area contributed by atoms with E-state index in [1.54, 1.807) is 11.8 Å². The quantitative estimate of drug-likeness (QED) is 0.743. The third kappa shape index (κ3) is 3.74. The number of nitrogens with zero attached hydrogens (tertiary/aromatic N) is 2. The molecule has 3 nitrogen and oxygen atoms in total. The Kier molecular flexibility index (Phi) is 5.53. The predicted octanol–water partition coefficient (Wildman–Crippen LogP) is 2.26. The van der Waals surface area contributed by atoms with Gasteiger partial charge in [0.2, 0.25) is 0 Å². The van der Waals surface area contributed by atoms with Crippen LogP contribution in [-0.4, -0.2) is 17.7 Å². The van der Waals surface area contributed by atoms with Crippen LogP contribution in [-0.2, 0) is 0 Å². The van der Waals surface area contributed by atoms with E-state index in [1.807, 2.05) is 18.4 Å². The van der Waals surface area contributed by atoms with Gasteiger partial charge in [0.15, 0.2) is 5.92 Å². The molecular weight excluding hydrogens is 206 g/mol. The summed E-state index contributed by atoms with van der Waals surface area (Å²) in [6.07, 6.45) is 8.16. The second kappa shape index (κ2) is 6.71. The summed E-state index contributed by atoms with van der Waals surface area (Å²) in [4.78, 5) is 0. The first-order chi connectivity index (χ1) is 7.31. The lowest BCUT2D eigenvalue weighted by Crippen LogP contribution is -2.41. The second-order valence-corrected chi connectivity index (χ2v) is 4.87. The molecule has 0 aliphatic heterocycles. The van der Waals surface area contributed by atoms with Gasteiger partial charge in [-0.1, -0.05) is 19.3 Å². The van der Waals surface area contributed by atoms with E-state index in [-0.39, 0.29) is 5.37 Å². The van der Waals surface area contributed by atoms with Crippen LogP contribution in [0.25, 0.3) is 0 Å². The Hall–Kier alpha value is -0.710. The molecule has 0 radical (unpaired) electrons. The van der Waals surface area contributed by atoms with E-state index in [4.69, 9.17) is 10.5 Å². The van der Waals surface area contributed by atoms with Crippen molar-refractivity contribution < 1.29 is 0 Å². The average Bonchev–Trinajstić information content (AvgIpc) is 2.30. The minimum atomic E-state index is -0.540. The maximum atomic E-state index is 8.83. The molecule has 15 heavy (non-hydrogen) atoms. The van der Waals surface area contributed by atoms with Crippen LogP contribution in [0.3, 0.4) is 0 Å². The molecule has 1 atom stereocenters. The molecule has 0 bridgehead atoms. The fourth-order valence-electron chi connectivity index (χ4n) is 1.97.